The molecule has 0 bridgehead atoms. The average molecular weight is 328 g/mol. The molecule has 1 saturated carbocycles. The van der Waals surface area contributed by atoms with Crippen LogP contribution in [0.4, 0.5) is 0 Å². The van der Waals surface area contributed by atoms with Crippen LogP contribution in [0.3, 0.4) is 0 Å². The van der Waals surface area contributed by atoms with Crippen molar-refractivity contribution in [2.75, 3.05) is 20.8 Å². The predicted molar refractivity (Wildman–Crippen MR) is 76.1 cm³/mol. The average Bonchev–Trinajstić information content (AvgIpc) is 2.79. The van der Waals surface area contributed by atoms with Gasteiger partial charge in [0.1, 0.15) is 0 Å². The molecule has 0 aromatic rings. The Hall–Kier alpha value is -2.38. The van der Waals surface area contributed by atoms with Crippen LogP contribution in [0.25, 0.3) is 0 Å². The van der Waals surface area contributed by atoms with Crippen LogP contribution in [-0.2, 0) is 33.4 Å². The summed E-state index contributed by atoms with van der Waals surface area (Å²) in [5.41, 5.74) is -2.01. The summed E-state index contributed by atoms with van der Waals surface area (Å²) in [5, 5.41) is 9.03. The van der Waals surface area contributed by atoms with Crippen molar-refractivity contribution in [3.8, 4) is 0 Å². The zero-order chi connectivity index (χ0) is 17.8. The number of carboxylic acids is 1. The van der Waals surface area contributed by atoms with Gasteiger partial charge in [-0.3, -0.25) is 14.4 Å². The first-order valence-electron chi connectivity index (χ1n) is 7.04. The Morgan fingerprint density at radius 1 is 1.22 bits per heavy atom. The molecule has 0 aliphatic heterocycles. The standard InChI is InChI=1S/C15H20O8/c1-5-23-12(18)10-6-9(7-11(16)17)15(8(10)2,13(19)21-3)14(20)22-4/h7-8,10H,5-6H2,1-4H3,(H,16,17)/b9-7+/t8-,10-/m1/s1. The first-order chi connectivity index (χ1) is 10.8. The molecule has 1 rings (SSSR count). The molecule has 0 aromatic heterocycles. The summed E-state index contributed by atoms with van der Waals surface area (Å²) in [6.45, 7) is 3.25. The van der Waals surface area contributed by atoms with Crippen molar-refractivity contribution >= 4 is 23.9 Å². The largest absolute Gasteiger partial charge is 0.478 e. The zero-order valence-electron chi connectivity index (χ0n) is 13.5. The molecule has 23 heavy (non-hydrogen) atoms. The van der Waals surface area contributed by atoms with E-state index >= 15 is 0 Å². The molecule has 8 nitrogen and oxygen atoms in total. The van der Waals surface area contributed by atoms with Gasteiger partial charge >= 0.3 is 23.9 Å². The van der Waals surface area contributed by atoms with Crippen LogP contribution in [0.1, 0.15) is 20.3 Å². The Kier molecular flexibility index (Phi) is 5.89. The number of carboxylic acid groups (broad SMARTS) is 1. The van der Waals surface area contributed by atoms with E-state index in [4.69, 9.17) is 19.3 Å². The maximum Gasteiger partial charge on any atom is 0.328 e. The van der Waals surface area contributed by atoms with Crippen molar-refractivity contribution in [3.05, 3.63) is 11.6 Å². The van der Waals surface area contributed by atoms with Crippen molar-refractivity contribution in [2.45, 2.75) is 20.3 Å². The SMILES string of the molecule is CCOC(=O)[C@@H]1C/C(=C\C(=O)O)C(C(=O)OC)(C(=O)OC)[C@@H]1C. The Bertz CT molecular complexity index is 532. The highest BCUT2D eigenvalue weighted by atomic mass is 16.5. The lowest BCUT2D eigenvalue weighted by atomic mass is 9.74. The number of rotatable bonds is 5. The number of carbonyl (C=O) groups is 4. The summed E-state index contributed by atoms with van der Waals surface area (Å²) in [4.78, 5) is 47.9. The monoisotopic (exact) mass is 328 g/mol. The molecule has 0 amide bonds. The summed E-state index contributed by atoms with van der Waals surface area (Å²) in [6.07, 6.45) is 0.653. The van der Waals surface area contributed by atoms with Gasteiger partial charge in [-0.05, 0) is 18.9 Å². The van der Waals surface area contributed by atoms with Gasteiger partial charge in [0.15, 0.2) is 5.41 Å². The van der Waals surface area contributed by atoms with Gasteiger partial charge in [0, 0.05) is 12.0 Å². The predicted octanol–water partition coefficient (Wildman–Crippen LogP) is 0.549. The Labute approximate surface area is 133 Å². The maximum atomic E-state index is 12.4. The topological polar surface area (TPSA) is 116 Å². The van der Waals surface area contributed by atoms with E-state index in [1.165, 1.54) is 6.92 Å². The van der Waals surface area contributed by atoms with Crippen molar-refractivity contribution in [1.82, 2.24) is 0 Å². The van der Waals surface area contributed by atoms with Crippen LogP contribution < -0.4 is 0 Å². The normalized spacial score (nSPS) is 24.1. The fourth-order valence-corrected chi connectivity index (χ4v) is 3.07. The number of aliphatic carboxylic acids is 1. The molecule has 0 aromatic carbocycles. The molecular weight excluding hydrogens is 308 g/mol. The lowest BCUT2D eigenvalue weighted by molar-refractivity contribution is -0.169. The van der Waals surface area contributed by atoms with E-state index in [0.717, 1.165) is 20.3 Å². The third-order valence-corrected chi connectivity index (χ3v) is 4.13. The van der Waals surface area contributed by atoms with Gasteiger partial charge in [-0.2, -0.15) is 0 Å². The van der Waals surface area contributed by atoms with Gasteiger partial charge in [0.25, 0.3) is 0 Å². The van der Waals surface area contributed by atoms with E-state index in [1.54, 1.807) is 6.92 Å². The van der Waals surface area contributed by atoms with E-state index in [-0.39, 0.29) is 18.6 Å². The second-order valence-electron chi connectivity index (χ2n) is 5.15. The van der Waals surface area contributed by atoms with E-state index < -0.39 is 41.1 Å². The number of methoxy groups -OCH3 is 2. The molecule has 128 valence electrons. The second-order valence-corrected chi connectivity index (χ2v) is 5.15. The van der Waals surface area contributed by atoms with Crippen molar-refractivity contribution < 1.29 is 38.5 Å². The first kappa shape index (κ1) is 18.7. The molecule has 0 unspecified atom stereocenters. The summed E-state index contributed by atoms with van der Waals surface area (Å²) in [7, 11) is 2.16. The number of carbonyl (C=O) groups excluding carboxylic acids is 3. The van der Waals surface area contributed by atoms with Gasteiger partial charge in [0.05, 0.1) is 26.7 Å². The fourth-order valence-electron chi connectivity index (χ4n) is 3.07. The number of hydrogen-bond acceptors (Lipinski definition) is 7. The molecule has 1 fully saturated rings. The molecular formula is C15H20O8. The minimum Gasteiger partial charge on any atom is -0.478 e. The number of ether oxygens (including phenoxy) is 3. The van der Waals surface area contributed by atoms with Gasteiger partial charge in [-0.25, -0.2) is 4.79 Å². The van der Waals surface area contributed by atoms with Crippen LogP contribution in [-0.4, -0.2) is 49.8 Å². The van der Waals surface area contributed by atoms with Crippen LogP contribution in [0.5, 0.6) is 0 Å². The number of hydrogen-bond donors (Lipinski definition) is 1. The second kappa shape index (κ2) is 7.26. The first-order valence-corrected chi connectivity index (χ1v) is 7.04. The molecule has 0 saturated heterocycles. The highest BCUT2D eigenvalue weighted by Gasteiger charge is 2.63. The summed E-state index contributed by atoms with van der Waals surface area (Å²) in [5.74, 6) is -5.59. The van der Waals surface area contributed by atoms with Crippen LogP contribution in [0.15, 0.2) is 11.6 Å². The van der Waals surface area contributed by atoms with Gasteiger partial charge in [-0.15, -0.1) is 0 Å². The lowest BCUT2D eigenvalue weighted by Crippen LogP contribution is -2.46. The third kappa shape index (κ3) is 3.06. The van der Waals surface area contributed by atoms with Crippen molar-refractivity contribution in [1.29, 1.82) is 0 Å². The minimum atomic E-state index is -1.97. The Balaban J connectivity index is 3.52. The summed E-state index contributed by atoms with van der Waals surface area (Å²) >= 11 is 0. The quantitative estimate of drug-likeness (QED) is 0.336. The molecule has 0 spiro atoms. The van der Waals surface area contributed by atoms with E-state index in [9.17, 15) is 19.2 Å². The smallest absolute Gasteiger partial charge is 0.328 e. The zero-order valence-corrected chi connectivity index (χ0v) is 13.5. The van der Waals surface area contributed by atoms with Gasteiger partial charge < -0.3 is 19.3 Å². The molecule has 0 heterocycles. The van der Waals surface area contributed by atoms with Crippen molar-refractivity contribution in [3.63, 3.8) is 0 Å². The van der Waals surface area contributed by atoms with E-state index in [2.05, 4.69) is 0 Å². The van der Waals surface area contributed by atoms with E-state index in [1.807, 2.05) is 0 Å². The van der Waals surface area contributed by atoms with Gasteiger partial charge in [0.2, 0.25) is 0 Å². The van der Waals surface area contributed by atoms with Crippen LogP contribution in [0.2, 0.25) is 0 Å². The maximum absolute atomic E-state index is 12.4. The third-order valence-electron chi connectivity index (χ3n) is 4.13. The van der Waals surface area contributed by atoms with Crippen LogP contribution >= 0.6 is 0 Å². The van der Waals surface area contributed by atoms with E-state index in [0.29, 0.717) is 0 Å². The van der Waals surface area contributed by atoms with Crippen LogP contribution in [0, 0.1) is 17.3 Å². The molecule has 2 atom stereocenters. The fraction of sp³-hybridized carbons (Fsp3) is 0.600. The Morgan fingerprint density at radius 3 is 2.13 bits per heavy atom. The Morgan fingerprint density at radius 2 is 1.74 bits per heavy atom. The molecule has 8 heteroatoms. The highest BCUT2D eigenvalue weighted by molar-refractivity contribution is 6.06. The molecule has 0 radical (unpaired) electrons. The number of esters is 3. The summed E-state index contributed by atoms with van der Waals surface area (Å²) in [6, 6.07) is 0. The van der Waals surface area contributed by atoms with Gasteiger partial charge in [-0.1, -0.05) is 6.92 Å². The molecule has 1 N–H and O–H groups in total. The minimum absolute atomic E-state index is 0.0331. The lowest BCUT2D eigenvalue weighted by Gasteiger charge is -2.30. The molecule has 1 aliphatic rings. The highest BCUT2D eigenvalue weighted by Crippen LogP contribution is 2.52. The van der Waals surface area contributed by atoms with Crippen molar-refractivity contribution in [2.24, 2.45) is 17.3 Å². The molecule has 1 aliphatic carbocycles. The summed E-state index contributed by atoms with van der Waals surface area (Å²) < 4.78 is 14.4.